The Morgan fingerprint density at radius 3 is 3.00 bits per heavy atom. The van der Waals surface area contributed by atoms with Crippen LogP contribution in [-0.4, -0.2) is 29.9 Å². The van der Waals surface area contributed by atoms with Crippen LogP contribution in [0.15, 0.2) is 6.20 Å². The molecule has 1 atom stereocenters. The topological polar surface area (TPSA) is 49.9 Å². The van der Waals surface area contributed by atoms with Crippen molar-refractivity contribution in [2.24, 2.45) is 0 Å². The third-order valence-electron chi connectivity index (χ3n) is 2.52. The van der Waals surface area contributed by atoms with Crippen LogP contribution in [0.5, 0.6) is 0 Å². The van der Waals surface area contributed by atoms with Gasteiger partial charge >= 0.3 is 0 Å². The molecule has 0 saturated carbocycles. The zero-order valence-electron chi connectivity index (χ0n) is 8.05. The Labute approximate surface area is 77.7 Å². The first-order valence-corrected chi connectivity index (χ1v) is 4.57. The van der Waals surface area contributed by atoms with Gasteiger partial charge < -0.3 is 10.1 Å². The molecule has 72 valence electrons. The van der Waals surface area contributed by atoms with Crippen LogP contribution in [0.2, 0.25) is 0 Å². The second-order valence-electron chi connectivity index (χ2n) is 3.68. The highest BCUT2D eigenvalue weighted by Gasteiger charge is 2.32. The number of rotatable bonds is 1. The van der Waals surface area contributed by atoms with Crippen LogP contribution in [0.25, 0.3) is 0 Å². The maximum Gasteiger partial charge on any atom is 0.119 e. The van der Waals surface area contributed by atoms with Crippen molar-refractivity contribution in [1.29, 1.82) is 0 Å². The zero-order chi connectivity index (χ0) is 9.31. The monoisotopic (exact) mass is 181 g/mol. The molecule has 0 bridgehead atoms. The van der Waals surface area contributed by atoms with E-state index in [-0.39, 0.29) is 5.60 Å². The van der Waals surface area contributed by atoms with Crippen molar-refractivity contribution in [3.05, 3.63) is 17.5 Å². The Hall–Kier alpha value is -0.870. The molecule has 4 nitrogen and oxygen atoms in total. The number of hydrogen-bond acceptors (Lipinski definition) is 3. The maximum atomic E-state index is 5.76. The minimum Gasteiger partial charge on any atom is -0.366 e. The van der Waals surface area contributed by atoms with Gasteiger partial charge in [0, 0.05) is 13.1 Å². The van der Waals surface area contributed by atoms with Crippen molar-refractivity contribution in [2.75, 3.05) is 19.7 Å². The summed E-state index contributed by atoms with van der Waals surface area (Å²) in [6.45, 7) is 6.66. The van der Waals surface area contributed by atoms with Crippen LogP contribution in [0.4, 0.5) is 0 Å². The van der Waals surface area contributed by atoms with Crippen LogP contribution < -0.4 is 5.32 Å². The average Bonchev–Trinajstić information content (AvgIpc) is 2.53. The summed E-state index contributed by atoms with van der Waals surface area (Å²) in [6.07, 6.45) is 1.83. The van der Waals surface area contributed by atoms with Crippen molar-refractivity contribution in [2.45, 2.75) is 19.4 Å². The molecule has 0 aromatic carbocycles. The van der Waals surface area contributed by atoms with Gasteiger partial charge in [-0.1, -0.05) is 0 Å². The molecule has 0 unspecified atom stereocenters. The van der Waals surface area contributed by atoms with Gasteiger partial charge in [-0.15, -0.1) is 0 Å². The lowest BCUT2D eigenvalue weighted by Crippen LogP contribution is -2.46. The summed E-state index contributed by atoms with van der Waals surface area (Å²) in [7, 11) is 0. The van der Waals surface area contributed by atoms with Gasteiger partial charge in [0.25, 0.3) is 0 Å². The number of aromatic amines is 1. The van der Waals surface area contributed by atoms with E-state index in [0.717, 1.165) is 31.0 Å². The average molecular weight is 181 g/mol. The Morgan fingerprint density at radius 1 is 1.62 bits per heavy atom. The minimum absolute atomic E-state index is 0.237. The molecule has 2 N–H and O–H groups in total. The van der Waals surface area contributed by atoms with Gasteiger partial charge in [0.05, 0.1) is 18.5 Å². The van der Waals surface area contributed by atoms with Crippen molar-refractivity contribution >= 4 is 0 Å². The number of ether oxygens (including phenoxy) is 1. The van der Waals surface area contributed by atoms with Crippen LogP contribution in [-0.2, 0) is 10.3 Å². The number of nitrogens with zero attached hydrogens (tertiary/aromatic N) is 1. The van der Waals surface area contributed by atoms with Gasteiger partial charge in [0.2, 0.25) is 0 Å². The molecule has 0 aliphatic carbocycles. The van der Waals surface area contributed by atoms with Crippen molar-refractivity contribution in [1.82, 2.24) is 15.5 Å². The SMILES string of the molecule is Cc1cn[nH]c1[C@@]1(C)CNCCO1. The van der Waals surface area contributed by atoms with E-state index in [1.54, 1.807) is 0 Å². The van der Waals surface area contributed by atoms with Crippen LogP contribution in [0, 0.1) is 6.92 Å². The molecule has 1 saturated heterocycles. The van der Waals surface area contributed by atoms with E-state index in [9.17, 15) is 0 Å². The van der Waals surface area contributed by atoms with Gasteiger partial charge in [-0.2, -0.15) is 5.10 Å². The van der Waals surface area contributed by atoms with Crippen molar-refractivity contribution in [3.8, 4) is 0 Å². The van der Waals surface area contributed by atoms with Crippen molar-refractivity contribution in [3.63, 3.8) is 0 Å². The highest BCUT2D eigenvalue weighted by molar-refractivity contribution is 5.21. The molecule has 13 heavy (non-hydrogen) atoms. The summed E-state index contributed by atoms with van der Waals surface area (Å²) >= 11 is 0. The minimum atomic E-state index is -0.237. The molecule has 1 fully saturated rings. The predicted octanol–water partition coefficient (Wildman–Crippen LogP) is 0.553. The molecule has 0 amide bonds. The summed E-state index contributed by atoms with van der Waals surface area (Å²) in [5, 5.41) is 10.3. The molecule has 1 aliphatic rings. The lowest BCUT2D eigenvalue weighted by atomic mass is 9.98. The number of aryl methyl sites for hydroxylation is 1. The summed E-state index contributed by atoms with van der Waals surface area (Å²) in [5.41, 5.74) is 2.00. The highest BCUT2D eigenvalue weighted by Crippen LogP contribution is 2.26. The molecule has 2 heterocycles. The fourth-order valence-corrected chi connectivity index (χ4v) is 1.77. The molecular weight excluding hydrogens is 166 g/mol. The molecule has 4 heteroatoms. The number of nitrogens with one attached hydrogen (secondary N) is 2. The Morgan fingerprint density at radius 2 is 2.46 bits per heavy atom. The third kappa shape index (κ3) is 1.47. The second-order valence-corrected chi connectivity index (χ2v) is 3.68. The standard InChI is InChI=1S/C9H15N3O/c1-7-5-11-12-8(7)9(2)6-10-3-4-13-9/h5,10H,3-4,6H2,1-2H3,(H,11,12)/t9-/m1/s1. The van der Waals surface area contributed by atoms with E-state index < -0.39 is 0 Å². The Bertz CT molecular complexity index is 289. The molecule has 1 aromatic heterocycles. The predicted molar refractivity (Wildman–Crippen MR) is 49.5 cm³/mol. The van der Waals surface area contributed by atoms with E-state index in [1.807, 2.05) is 13.1 Å². The van der Waals surface area contributed by atoms with Crippen LogP contribution in [0.1, 0.15) is 18.2 Å². The maximum absolute atomic E-state index is 5.76. The first kappa shape index (κ1) is 8.72. The van der Waals surface area contributed by atoms with Crippen LogP contribution in [0.3, 0.4) is 0 Å². The van der Waals surface area contributed by atoms with Gasteiger partial charge in [-0.25, -0.2) is 0 Å². The van der Waals surface area contributed by atoms with E-state index >= 15 is 0 Å². The molecular formula is C9H15N3O. The molecule has 2 rings (SSSR count). The van der Waals surface area contributed by atoms with E-state index in [4.69, 9.17) is 4.74 Å². The van der Waals surface area contributed by atoms with Crippen LogP contribution >= 0.6 is 0 Å². The van der Waals surface area contributed by atoms with Gasteiger partial charge in [0.15, 0.2) is 0 Å². The number of H-pyrrole nitrogens is 1. The molecule has 0 spiro atoms. The van der Waals surface area contributed by atoms with Crippen molar-refractivity contribution < 1.29 is 4.74 Å². The molecule has 1 aliphatic heterocycles. The number of morpholine rings is 1. The highest BCUT2D eigenvalue weighted by atomic mass is 16.5. The Kier molecular flexibility index (Phi) is 2.09. The third-order valence-corrected chi connectivity index (χ3v) is 2.52. The zero-order valence-corrected chi connectivity index (χ0v) is 8.05. The summed E-state index contributed by atoms with van der Waals surface area (Å²) in [5.74, 6) is 0. The number of aromatic nitrogens is 2. The van der Waals surface area contributed by atoms with E-state index in [2.05, 4.69) is 22.4 Å². The summed E-state index contributed by atoms with van der Waals surface area (Å²) in [4.78, 5) is 0. The van der Waals surface area contributed by atoms with Gasteiger partial charge in [-0.05, 0) is 19.4 Å². The van der Waals surface area contributed by atoms with E-state index in [1.165, 1.54) is 0 Å². The largest absolute Gasteiger partial charge is 0.366 e. The first-order valence-electron chi connectivity index (χ1n) is 4.57. The quantitative estimate of drug-likeness (QED) is 0.665. The lowest BCUT2D eigenvalue weighted by molar-refractivity contribution is -0.0605. The van der Waals surface area contributed by atoms with E-state index in [0.29, 0.717) is 0 Å². The smallest absolute Gasteiger partial charge is 0.119 e. The normalized spacial score (nSPS) is 29.1. The summed E-state index contributed by atoms with van der Waals surface area (Å²) in [6, 6.07) is 0. The fraction of sp³-hybridized carbons (Fsp3) is 0.667. The van der Waals surface area contributed by atoms with Gasteiger partial charge in [-0.3, -0.25) is 5.10 Å². The molecule has 0 radical (unpaired) electrons. The van der Waals surface area contributed by atoms with Gasteiger partial charge in [0.1, 0.15) is 5.60 Å². The first-order chi connectivity index (χ1) is 6.22. The fourth-order valence-electron chi connectivity index (χ4n) is 1.77. The lowest BCUT2D eigenvalue weighted by Gasteiger charge is -2.33. The number of hydrogen-bond donors (Lipinski definition) is 2. The summed E-state index contributed by atoms with van der Waals surface area (Å²) < 4.78 is 5.76. The Balaban J connectivity index is 2.27. The molecule has 1 aromatic rings. The second kappa shape index (κ2) is 3.12.